The number of nitrogens with two attached hydrogens (primary N) is 1. The normalized spacial score (nSPS) is 12.6. The number of hydrogen-bond donors (Lipinski definition) is 2. The summed E-state index contributed by atoms with van der Waals surface area (Å²) in [6.07, 6.45) is 0. The van der Waals surface area contributed by atoms with Gasteiger partial charge >= 0.3 is 0 Å². The maximum atomic E-state index is 8.91. The Morgan fingerprint density at radius 3 is 2.64 bits per heavy atom. The summed E-state index contributed by atoms with van der Waals surface area (Å²) in [5, 5.41) is 8.91. The topological polar surface area (TPSA) is 75.3 Å². The zero-order valence-corrected chi connectivity index (χ0v) is 8.73. The van der Waals surface area contributed by atoms with Crippen LogP contribution in [0, 0.1) is 6.92 Å². The highest BCUT2D eigenvalue weighted by Crippen LogP contribution is 2.13. The van der Waals surface area contributed by atoms with Crippen LogP contribution in [-0.2, 0) is 0 Å². The number of rotatable bonds is 3. The van der Waals surface area contributed by atoms with Crippen molar-refractivity contribution in [2.75, 3.05) is 25.6 Å². The van der Waals surface area contributed by atoms with Crippen molar-refractivity contribution in [3.05, 3.63) is 17.6 Å². The summed E-state index contributed by atoms with van der Waals surface area (Å²) in [5.74, 6) is 1.46. The molecule has 5 heteroatoms. The van der Waals surface area contributed by atoms with Crippen LogP contribution in [0.2, 0.25) is 0 Å². The van der Waals surface area contributed by atoms with E-state index in [1.54, 1.807) is 13.0 Å². The maximum Gasteiger partial charge on any atom is 0.132 e. The number of hydrogen-bond acceptors (Lipinski definition) is 5. The van der Waals surface area contributed by atoms with E-state index in [4.69, 9.17) is 10.8 Å². The third kappa shape index (κ3) is 2.40. The fourth-order valence-corrected chi connectivity index (χ4v) is 1.09. The minimum absolute atomic E-state index is 0.108. The quantitative estimate of drug-likeness (QED) is 0.702. The Kier molecular flexibility index (Phi) is 3.38. The van der Waals surface area contributed by atoms with Gasteiger partial charge in [0.15, 0.2) is 0 Å². The highest BCUT2D eigenvalue weighted by molar-refractivity contribution is 5.38. The Bertz CT molecular complexity index is 314. The van der Waals surface area contributed by atoms with Crippen LogP contribution in [0.5, 0.6) is 0 Å². The molecule has 0 fully saturated rings. The van der Waals surface area contributed by atoms with Gasteiger partial charge in [-0.05, 0) is 6.92 Å². The van der Waals surface area contributed by atoms with Gasteiger partial charge < -0.3 is 15.7 Å². The molecule has 1 rings (SSSR count). The van der Waals surface area contributed by atoms with Gasteiger partial charge in [-0.25, -0.2) is 9.97 Å². The van der Waals surface area contributed by atoms with Gasteiger partial charge in [0, 0.05) is 20.2 Å². The van der Waals surface area contributed by atoms with E-state index in [9.17, 15) is 0 Å². The predicted octanol–water partition coefficient (Wildman–Crippen LogP) is -0.157. The first-order valence-electron chi connectivity index (χ1n) is 4.44. The summed E-state index contributed by atoms with van der Waals surface area (Å²) in [4.78, 5) is 10.3. The molecular weight excluding hydrogens is 180 g/mol. The Balaban J connectivity index is 3.07. The summed E-state index contributed by atoms with van der Waals surface area (Å²) >= 11 is 0. The lowest BCUT2D eigenvalue weighted by atomic mass is 10.2. The molecule has 1 heterocycles. The third-order valence-electron chi connectivity index (χ3n) is 1.88. The van der Waals surface area contributed by atoms with E-state index in [-0.39, 0.29) is 6.61 Å². The molecule has 3 N–H and O–H groups in total. The van der Waals surface area contributed by atoms with Crippen molar-refractivity contribution in [3.63, 3.8) is 0 Å². The van der Waals surface area contributed by atoms with Gasteiger partial charge in [-0.2, -0.15) is 0 Å². The van der Waals surface area contributed by atoms with Crippen molar-refractivity contribution < 1.29 is 5.11 Å². The van der Waals surface area contributed by atoms with Crippen LogP contribution in [0.4, 0.5) is 5.82 Å². The largest absolute Gasteiger partial charge is 0.394 e. The van der Waals surface area contributed by atoms with Crippen molar-refractivity contribution >= 4 is 5.82 Å². The fraction of sp³-hybridized carbons (Fsp3) is 0.556. The smallest absolute Gasteiger partial charge is 0.132 e. The second-order valence-electron chi connectivity index (χ2n) is 3.38. The van der Waals surface area contributed by atoms with Crippen LogP contribution < -0.4 is 10.6 Å². The molecule has 0 saturated heterocycles. The van der Waals surface area contributed by atoms with E-state index in [1.165, 1.54) is 0 Å². The molecule has 0 aromatic carbocycles. The Morgan fingerprint density at radius 1 is 1.50 bits per heavy atom. The number of aliphatic hydroxyl groups is 1. The summed E-state index contributed by atoms with van der Waals surface area (Å²) in [5.41, 5.74) is 6.34. The van der Waals surface area contributed by atoms with Crippen molar-refractivity contribution in [1.82, 2.24) is 9.97 Å². The molecule has 0 saturated carbocycles. The van der Waals surface area contributed by atoms with Gasteiger partial charge in [0.25, 0.3) is 0 Å². The van der Waals surface area contributed by atoms with E-state index < -0.39 is 6.04 Å². The Labute approximate surface area is 83.6 Å². The van der Waals surface area contributed by atoms with E-state index in [0.29, 0.717) is 11.5 Å². The van der Waals surface area contributed by atoms with Gasteiger partial charge in [0.05, 0.1) is 18.3 Å². The second kappa shape index (κ2) is 4.34. The minimum atomic E-state index is -0.435. The minimum Gasteiger partial charge on any atom is -0.394 e. The van der Waals surface area contributed by atoms with Crippen molar-refractivity contribution in [3.8, 4) is 0 Å². The molecule has 0 aliphatic rings. The summed E-state index contributed by atoms with van der Waals surface area (Å²) in [6, 6.07) is 1.35. The molecule has 0 spiro atoms. The lowest BCUT2D eigenvalue weighted by Crippen LogP contribution is -2.19. The molecule has 0 bridgehead atoms. The zero-order valence-electron chi connectivity index (χ0n) is 8.73. The van der Waals surface area contributed by atoms with E-state index >= 15 is 0 Å². The first-order valence-corrected chi connectivity index (χ1v) is 4.44. The molecule has 0 aliphatic heterocycles. The first kappa shape index (κ1) is 10.9. The van der Waals surface area contributed by atoms with Gasteiger partial charge in [-0.1, -0.05) is 0 Å². The van der Waals surface area contributed by atoms with Crippen LogP contribution in [-0.4, -0.2) is 35.8 Å². The molecular formula is C9H16N4O. The molecule has 1 aromatic rings. The van der Waals surface area contributed by atoms with Crippen LogP contribution in [0.15, 0.2) is 6.07 Å². The first-order chi connectivity index (χ1) is 6.54. The van der Waals surface area contributed by atoms with E-state index in [2.05, 4.69) is 9.97 Å². The number of aromatic nitrogens is 2. The summed E-state index contributed by atoms with van der Waals surface area (Å²) in [6.45, 7) is 1.70. The van der Waals surface area contributed by atoms with Gasteiger partial charge in [-0.3, -0.25) is 0 Å². The van der Waals surface area contributed by atoms with Crippen molar-refractivity contribution in [1.29, 1.82) is 0 Å². The molecule has 1 unspecified atom stereocenters. The molecule has 1 atom stereocenters. The van der Waals surface area contributed by atoms with Crippen LogP contribution in [0.25, 0.3) is 0 Å². The van der Waals surface area contributed by atoms with Crippen LogP contribution >= 0.6 is 0 Å². The zero-order chi connectivity index (χ0) is 10.7. The summed E-state index contributed by atoms with van der Waals surface area (Å²) < 4.78 is 0. The Morgan fingerprint density at radius 2 is 2.14 bits per heavy atom. The molecule has 78 valence electrons. The number of aryl methyl sites for hydroxylation is 1. The van der Waals surface area contributed by atoms with Crippen molar-refractivity contribution in [2.24, 2.45) is 5.73 Å². The van der Waals surface area contributed by atoms with Gasteiger partial charge in [0.2, 0.25) is 0 Å². The number of anilines is 1. The number of aliphatic hydroxyl groups excluding tert-OH is 1. The maximum absolute atomic E-state index is 8.91. The lowest BCUT2D eigenvalue weighted by Gasteiger charge is -2.15. The summed E-state index contributed by atoms with van der Waals surface area (Å²) in [7, 11) is 3.80. The van der Waals surface area contributed by atoms with Crippen LogP contribution in [0.1, 0.15) is 17.6 Å². The molecule has 0 radical (unpaired) electrons. The second-order valence-corrected chi connectivity index (χ2v) is 3.38. The monoisotopic (exact) mass is 196 g/mol. The SMILES string of the molecule is Cc1nc(C(N)CO)cc(N(C)C)n1. The number of nitrogens with zero attached hydrogens (tertiary/aromatic N) is 3. The van der Waals surface area contributed by atoms with E-state index in [1.807, 2.05) is 19.0 Å². The average molecular weight is 196 g/mol. The fourth-order valence-electron chi connectivity index (χ4n) is 1.09. The van der Waals surface area contributed by atoms with Crippen molar-refractivity contribution in [2.45, 2.75) is 13.0 Å². The molecule has 5 nitrogen and oxygen atoms in total. The molecule has 0 amide bonds. The highest BCUT2D eigenvalue weighted by atomic mass is 16.3. The van der Waals surface area contributed by atoms with E-state index in [0.717, 1.165) is 5.82 Å². The lowest BCUT2D eigenvalue weighted by molar-refractivity contribution is 0.265. The Hall–Kier alpha value is -1.20. The standard InChI is InChI=1S/C9H16N4O/c1-6-11-8(7(10)5-14)4-9(12-6)13(2)3/h4,7,14H,5,10H2,1-3H3. The molecule has 1 aromatic heterocycles. The molecule has 0 aliphatic carbocycles. The van der Waals surface area contributed by atoms with Gasteiger partial charge in [0.1, 0.15) is 11.6 Å². The van der Waals surface area contributed by atoms with Gasteiger partial charge in [-0.15, -0.1) is 0 Å². The molecule has 14 heavy (non-hydrogen) atoms. The predicted molar refractivity (Wildman–Crippen MR) is 55.1 cm³/mol. The van der Waals surface area contributed by atoms with Crippen LogP contribution in [0.3, 0.4) is 0 Å². The third-order valence-corrected chi connectivity index (χ3v) is 1.88. The highest BCUT2D eigenvalue weighted by Gasteiger charge is 2.09. The average Bonchev–Trinajstić information content (AvgIpc) is 2.15.